The van der Waals surface area contributed by atoms with Crippen LogP contribution in [-0.4, -0.2) is 67.0 Å². The van der Waals surface area contributed by atoms with Crippen LogP contribution in [0.4, 0.5) is 10.1 Å². The molecule has 2 aliphatic rings. The number of nitrogens with one attached hydrogen (secondary N) is 1. The standard InChI is InChI=1S/C26H28FN3O7/c1-16(2)37-21-8-5-18(15-20(21)27)24(31)22-23(17-3-6-19(7-4-17)30(34)35)29(26(33)25(22)32)10-9-28-11-13-36-14-12-28/h3-8,15-16,23,31H,9-14H2,1-2H3. The molecule has 1 N–H and O–H groups in total. The molecule has 1 unspecified atom stereocenters. The summed E-state index contributed by atoms with van der Waals surface area (Å²) < 4.78 is 25.4. The first-order valence-electron chi connectivity index (χ1n) is 12.1. The van der Waals surface area contributed by atoms with E-state index in [4.69, 9.17) is 9.47 Å². The Morgan fingerprint density at radius 3 is 2.46 bits per heavy atom. The van der Waals surface area contributed by atoms with Gasteiger partial charge in [-0.15, -0.1) is 0 Å². The Morgan fingerprint density at radius 1 is 1.19 bits per heavy atom. The molecule has 1 amide bonds. The zero-order chi connectivity index (χ0) is 26.7. The summed E-state index contributed by atoms with van der Waals surface area (Å²) in [5.41, 5.74) is -0.199. The van der Waals surface area contributed by atoms with Gasteiger partial charge in [0, 0.05) is 17.7 Å². The number of benzene rings is 2. The van der Waals surface area contributed by atoms with Crippen molar-refractivity contribution in [2.45, 2.75) is 26.0 Å². The Morgan fingerprint density at radius 2 is 1.86 bits per heavy atom. The number of hydrogen-bond acceptors (Lipinski definition) is 7. The molecule has 0 saturated carbocycles. The minimum Gasteiger partial charge on any atom is -0.872 e. The number of ketones is 1. The van der Waals surface area contributed by atoms with Crippen LogP contribution in [0.25, 0.3) is 5.76 Å². The van der Waals surface area contributed by atoms with Gasteiger partial charge in [-0.1, -0.05) is 11.8 Å². The largest absolute Gasteiger partial charge is 0.872 e. The van der Waals surface area contributed by atoms with Crippen LogP contribution >= 0.6 is 0 Å². The number of amides is 1. The van der Waals surface area contributed by atoms with Crippen molar-refractivity contribution in [1.29, 1.82) is 0 Å². The maximum absolute atomic E-state index is 14.6. The number of nitro benzene ring substituents is 1. The van der Waals surface area contributed by atoms with E-state index in [-0.39, 0.29) is 35.2 Å². The van der Waals surface area contributed by atoms with Gasteiger partial charge < -0.3 is 24.4 Å². The molecule has 2 aromatic rings. The molecule has 0 aromatic heterocycles. The third-order valence-corrected chi connectivity index (χ3v) is 6.41. The van der Waals surface area contributed by atoms with Gasteiger partial charge in [0.2, 0.25) is 5.78 Å². The minimum atomic E-state index is -1.05. The summed E-state index contributed by atoms with van der Waals surface area (Å²) in [5, 5.41) is 24.7. The van der Waals surface area contributed by atoms with Gasteiger partial charge in [-0.3, -0.25) is 19.7 Å². The van der Waals surface area contributed by atoms with Gasteiger partial charge in [0.25, 0.3) is 11.6 Å². The number of ether oxygens (including phenoxy) is 2. The van der Waals surface area contributed by atoms with Gasteiger partial charge in [0.05, 0.1) is 43.4 Å². The quantitative estimate of drug-likeness (QED) is 0.181. The van der Waals surface area contributed by atoms with E-state index in [0.29, 0.717) is 25.3 Å². The number of halogens is 1. The highest BCUT2D eigenvalue weighted by molar-refractivity contribution is 6.46. The lowest BCUT2D eigenvalue weighted by atomic mass is 9.95. The third kappa shape index (κ3) is 5.62. The van der Waals surface area contributed by atoms with Crippen LogP contribution in [0, 0.1) is 15.9 Å². The monoisotopic (exact) mass is 513 g/mol. The molecule has 0 radical (unpaired) electrons. The van der Waals surface area contributed by atoms with E-state index < -0.39 is 34.2 Å². The molecular formula is C26H28FN3O7. The molecule has 4 rings (SSSR count). The van der Waals surface area contributed by atoms with E-state index in [1.54, 1.807) is 13.8 Å². The number of nitrogens with zero attached hydrogens (tertiary/aromatic N) is 2. The second-order valence-electron chi connectivity index (χ2n) is 9.25. The van der Waals surface area contributed by atoms with Crippen LogP contribution in [0.15, 0.2) is 48.0 Å². The fraction of sp³-hybridized carbons (Fsp3) is 0.385. The minimum absolute atomic E-state index is 0.0348. The van der Waals surface area contributed by atoms with Gasteiger partial charge in [0.15, 0.2) is 11.6 Å². The number of Topliss-reactive ketones (excluding diaryl/α,β-unsaturated/α-hetero) is 1. The van der Waals surface area contributed by atoms with Gasteiger partial charge in [-0.05, 0) is 49.2 Å². The zero-order valence-corrected chi connectivity index (χ0v) is 20.6. The second kappa shape index (κ2) is 11.1. The van der Waals surface area contributed by atoms with Crippen molar-refractivity contribution in [3.8, 4) is 5.75 Å². The summed E-state index contributed by atoms with van der Waals surface area (Å²) in [6.07, 6.45) is -0.284. The Labute approximate surface area is 213 Å². The van der Waals surface area contributed by atoms with Gasteiger partial charge in [-0.25, -0.2) is 4.39 Å². The second-order valence-corrected chi connectivity index (χ2v) is 9.25. The van der Waals surface area contributed by atoms with E-state index in [0.717, 1.165) is 19.2 Å². The van der Waals surface area contributed by atoms with E-state index >= 15 is 0 Å². The highest BCUT2D eigenvalue weighted by Crippen LogP contribution is 2.39. The first-order chi connectivity index (χ1) is 17.7. The Bertz CT molecular complexity index is 1220. The van der Waals surface area contributed by atoms with Crippen LogP contribution < -0.4 is 14.7 Å². The number of hydrogen-bond donors (Lipinski definition) is 1. The number of non-ortho nitro benzene ring substituents is 1. The summed E-state index contributed by atoms with van der Waals surface area (Å²) in [4.78, 5) is 39.3. The Balaban J connectivity index is 1.74. The molecule has 11 heteroatoms. The van der Waals surface area contributed by atoms with Crippen molar-refractivity contribution in [3.05, 3.63) is 75.1 Å². The van der Waals surface area contributed by atoms with Crippen molar-refractivity contribution in [1.82, 2.24) is 4.90 Å². The lowest BCUT2D eigenvalue weighted by molar-refractivity contribution is -0.907. The van der Waals surface area contributed by atoms with E-state index in [9.17, 15) is 29.2 Å². The fourth-order valence-electron chi connectivity index (χ4n) is 4.56. The number of likely N-dealkylation sites (tertiary alicyclic amines) is 1. The fourth-order valence-corrected chi connectivity index (χ4v) is 4.56. The number of carbonyl (C=O) groups excluding carboxylic acids is 2. The first-order valence-corrected chi connectivity index (χ1v) is 12.1. The number of rotatable bonds is 8. The summed E-state index contributed by atoms with van der Waals surface area (Å²) in [6, 6.07) is 7.96. The molecule has 2 heterocycles. The molecule has 0 bridgehead atoms. The summed E-state index contributed by atoms with van der Waals surface area (Å²) >= 11 is 0. The number of morpholine rings is 1. The van der Waals surface area contributed by atoms with E-state index in [1.165, 1.54) is 46.2 Å². The topological polar surface area (TPSA) is 126 Å². The molecule has 2 aliphatic heterocycles. The van der Waals surface area contributed by atoms with Crippen LogP contribution in [0.3, 0.4) is 0 Å². The van der Waals surface area contributed by atoms with Crippen molar-refractivity contribution in [2.75, 3.05) is 39.4 Å². The normalized spacial score (nSPS) is 20.0. The molecule has 2 fully saturated rings. The van der Waals surface area contributed by atoms with Crippen LogP contribution in [0.2, 0.25) is 0 Å². The average Bonchev–Trinajstić information content (AvgIpc) is 3.13. The lowest BCUT2D eigenvalue weighted by Crippen LogP contribution is -3.14. The molecule has 2 aromatic carbocycles. The number of carbonyl (C=O) groups is 2. The van der Waals surface area contributed by atoms with Crippen molar-refractivity contribution >= 4 is 23.1 Å². The molecule has 1 atom stereocenters. The third-order valence-electron chi connectivity index (χ3n) is 6.41. The van der Waals surface area contributed by atoms with E-state index in [2.05, 4.69) is 0 Å². The predicted octanol–water partition coefficient (Wildman–Crippen LogP) is 0.660. The van der Waals surface area contributed by atoms with Crippen molar-refractivity contribution in [2.24, 2.45) is 0 Å². The van der Waals surface area contributed by atoms with Crippen LogP contribution in [0.1, 0.15) is 31.0 Å². The van der Waals surface area contributed by atoms with Crippen LogP contribution in [0.5, 0.6) is 5.75 Å². The van der Waals surface area contributed by atoms with Crippen molar-refractivity contribution < 1.29 is 38.4 Å². The van der Waals surface area contributed by atoms with Crippen molar-refractivity contribution in [3.63, 3.8) is 0 Å². The predicted molar refractivity (Wildman–Crippen MR) is 128 cm³/mol. The summed E-state index contributed by atoms with van der Waals surface area (Å²) in [6.45, 7) is 6.86. The lowest BCUT2D eigenvalue weighted by Gasteiger charge is -2.30. The van der Waals surface area contributed by atoms with E-state index in [1.807, 2.05) is 0 Å². The molecule has 2 saturated heterocycles. The smallest absolute Gasteiger partial charge is 0.295 e. The van der Waals surface area contributed by atoms with Gasteiger partial charge >= 0.3 is 0 Å². The average molecular weight is 514 g/mol. The first kappa shape index (κ1) is 26.2. The maximum Gasteiger partial charge on any atom is 0.295 e. The zero-order valence-electron chi connectivity index (χ0n) is 20.6. The summed E-state index contributed by atoms with van der Waals surface area (Å²) in [7, 11) is 0. The molecular weight excluding hydrogens is 485 g/mol. The summed E-state index contributed by atoms with van der Waals surface area (Å²) in [5.74, 6) is -3.38. The molecule has 0 spiro atoms. The number of nitro groups is 1. The van der Waals surface area contributed by atoms with Gasteiger partial charge in [-0.2, -0.15) is 0 Å². The number of quaternary nitrogens is 1. The van der Waals surface area contributed by atoms with Crippen LogP contribution in [-0.2, 0) is 14.3 Å². The Kier molecular flexibility index (Phi) is 7.84. The molecule has 196 valence electrons. The Hall–Kier alpha value is -3.83. The SMILES string of the molecule is CC(C)Oc1ccc(C([O-])=C2C(=O)C(=O)N(CC[NH+]3CCOCC3)C2c2ccc([N+](=O)[O-])cc2)cc1F. The molecule has 0 aliphatic carbocycles. The molecule has 37 heavy (non-hydrogen) atoms. The molecule has 10 nitrogen and oxygen atoms in total. The highest BCUT2D eigenvalue weighted by Gasteiger charge is 2.44. The highest BCUT2D eigenvalue weighted by atomic mass is 19.1. The maximum atomic E-state index is 14.6. The van der Waals surface area contributed by atoms with Gasteiger partial charge in [0.1, 0.15) is 13.1 Å².